The summed E-state index contributed by atoms with van der Waals surface area (Å²) in [5.74, 6) is -0.934. The highest BCUT2D eigenvalue weighted by Gasteiger charge is 2.32. The summed E-state index contributed by atoms with van der Waals surface area (Å²) in [5, 5.41) is 2.21. The number of benzene rings is 2. The van der Waals surface area contributed by atoms with Gasteiger partial charge in [-0.05, 0) is 55.3 Å². The highest BCUT2D eigenvalue weighted by molar-refractivity contribution is 7.92. The molecule has 4 rings (SSSR count). The maximum absolute atomic E-state index is 13.4. The Morgan fingerprint density at radius 1 is 1.07 bits per heavy atom. The molecule has 0 bridgehead atoms. The molecule has 0 amide bonds. The summed E-state index contributed by atoms with van der Waals surface area (Å²) in [6, 6.07) is 9.44. The van der Waals surface area contributed by atoms with Crippen LogP contribution in [-0.2, 0) is 9.84 Å². The van der Waals surface area contributed by atoms with Crippen LogP contribution in [0.2, 0.25) is 5.02 Å². The second-order valence-corrected chi connectivity index (χ2v) is 10.3. The number of hydrogen-bond acceptors (Lipinski definition) is 5. The molecule has 0 aliphatic carbocycles. The van der Waals surface area contributed by atoms with Crippen molar-refractivity contribution in [1.29, 1.82) is 0 Å². The van der Waals surface area contributed by atoms with Gasteiger partial charge in [0.25, 0.3) is 0 Å². The van der Waals surface area contributed by atoms with Crippen molar-refractivity contribution < 1.29 is 17.2 Å². The summed E-state index contributed by atoms with van der Waals surface area (Å²) in [5.41, 5.74) is 1.43. The third kappa shape index (κ3) is 4.15. The fraction of sp³-hybridized carbons (Fsp3) is 0.250. The van der Waals surface area contributed by atoms with Crippen LogP contribution < -0.4 is 4.90 Å². The summed E-state index contributed by atoms with van der Waals surface area (Å²) in [4.78, 5) is 6.81. The van der Waals surface area contributed by atoms with E-state index >= 15 is 0 Å². The zero-order valence-corrected chi connectivity index (χ0v) is 17.6. The first-order valence-corrected chi connectivity index (χ1v) is 11.8. The molecule has 0 N–H and O–H groups in total. The summed E-state index contributed by atoms with van der Waals surface area (Å²) in [6.45, 7) is 1.12. The van der Waals surface area contributed by atoms with Gasteiger partial charge >= 0.3 is 0 Å². The number of thiazole rings is 1. The molecule has 152 valence electrons. The third-order valence-corrected chi connectivity index (χ3v) is 8.47. The van der Waals surface area contributed by atoms with Gasteiger partial charge in [-0.15, -0.1) is 11.3 Å². The molecule has 3 aromatic rings. The molecular weight excluding hydrogens is 438 g/mol. The highest BCUT2D eigenvalue weighted by atomic mass is 35.5. The summed E-state index contributed by atoms with van der Waals surface area (Å²) in [6.07, 6.45) is 0.938. The molecule has 1 aliphatic rings. The predicted octanol–water partition coefficient (Wildman–Crippen LogP) is 5.18. The van der Waals surface area contributed by atoms with Crippen molar-refractivity contribution in [2.24, 2.45) is 0 Å². The Morgan fingerprint density at radius 3 is 2.41 bits per heavy atom. The van der Waals surface area contributed by atoms with Crippen LogP contribution in [0.4, 0.5) is 13.9 Å². The molecule has 1 saturated heterocycles. The molecule has 0 spiro atoms. The van der Waals surface area contributed by atoms with Crippen LogP contribution >= 0.6 is 22.9 Å². The Morgan fingerprint density at radius 2 is 1.76 bits per heavy atom. The number of aromatic nitrogens is 1. The van der Waals surface area contributed by atoms with Gasteiger partial charge in [-0.3, -0.25) is 0 Å². The van der Waals surface area contributed by atoms with Crippen LogP contribution in [0.5, 0.6) is 0 Å². The summed E-state index contributed by atoms with van der Waals surface area (Å²) in [7, 11) is -3.49. The van der Waals surface area contributed by atoms with Crippen LogP contribution in [0.1, 0.15) is 12.8 Å². The van der Waals surface area contributed by atoms with Crippen molar-refractivity contribution in [3.8, 4) is 11.3 Å². The van der Waals surface area contributed by atoms with Gasteiger partial charge in [0.05, 0.1) is 20.9 Å². The largest absolute Gasteiger partial charge is 0.348 e. The molecule has 1 aromatic heterocycles. The van der Waals surface area contributed by atoms with Gasteiger partial charge in [-0.1, -0.05) is 11.6 Å². The van der Waals surface area contributed by atoms with E-state index in [1.807, 2.05) is 5.38 Å². The fourth-order valence-electron chi connectivity index (χ4n) is 3.37. The van der Waals surface area contributed by atoms with Gasteiger partial charge in [0, 0.05) is 24.0 Å². The monoisotopic (exact) mass is 454 g/mol. The Bertz CT molecular complexity index is 1130. The number of hydrogen-bond donors (Lipinski definition) is 0. The molecule has 4 nitrogen and oxygen atoms in total. The Labute approximate surface area is 176 Å². The molecule has 0 atom stereocenters. The molecule has 1 fully saturated rings. The second-order valence-electron chi connectivity index (χ2n) is 6.83. The van der Waals surface area contributed by atoms with E-state index in [1.54, 1.807) is 6.07 Å². The molecule has 9 heteroatoms. The molecule has 0 unspecified atom stereocenters. The number of nitrogens with zero attached hydrogens (tertiary/aromatic N) is 2. The van der Waals surface area contributed by atoms with Gasteiger partial charge in [0.2, 0.25) is 0 Å². The molecule has 1 aliphatic heterocycles. The molecule has 2 aromatic carbocycles. The Kier molecular flexibility index (Phi) is 5.59. The molecule has 0 radical (unpaired) electrons. The van der Waals surface area contributed by atoms with E-state index in [4.69, 9.17) is 11.6 Å². The van der Waals surface area contributed by atoms with Crippen molar-refractivity contribution in [3.63, 3.8) is 0 Å². The van der Waals surface area contributed by atoms with Crippen LogP contribution in [0.3, 0.4) is 0 Å². The molecular formula is C20H17ClF2N2O2S2. The number of sulfone groups is 1. The lowest BCUT2D eigenvalue weighted by Crippen LogP contribution is -2.39. The van der Waals surface area contributed by atoms with Gasteiger partial charge in [0.15, 0.2) is 15.0 Å². The van der Waals surface area contributed by atoms with E-state index in [0.717, 1.165) is 10.7 Å². The summed E-state index contributed by atoms with van der Waals surface area (Å²) >= 11 is 7.30. The normalized spacial score (nSPS) is 15.6. The van der Waals surface area contributed by atoms with Crippen LogP contribution in [0.25, 0.3) is 11.3 Å². The SMILES string of the molecule is O=S(=O)(c1ccc(F)cc1)C1CCN(c2nc(-c3ccc(F)c(Cl)c3)cs2)CC1. The standard InChI is InChI=1S/C20H17ClF2N2O2S2/c21-17-11-13(1-6-18(17)23)19-12-28-20(24-19)25-9-7-16(8-10-25)29(26,27)15-4-2-14(22)3-5-15/h1-6,11-12,16H,7-10H2. The second kappa shape index (κ2) is 8.01. The highest BCUT2D eigenvalue weighted by Crippen LogP contribution is 2.32. The van der Waals surface area contributed by atoms with E-state index in [9.17, 15) is 17.2 Å². The quantitative estimate of drug-likeness (QED) is 0.509. The van der Waals surface area contributed by atoms with E-state index in [0.29, 0.717) is 31.6 Å². The topological polar surface area (TPSA) is 50.3 Å². The van der Waals surface area contributed by atoms with Gasteiger partial charge in [0.1, 0.15) is 11.6 Å². The fourth-order valence-corrected chi connectivity index (χ4v) is 6.17. The minimum absolute atomic E-state index is 0.0452. The van der Waals surface area contributed by atoms with Gasteiger partial charge in [-0.25, -0.2) is 22.2 Å². The van der Waals surface area contributed by atoms with E-state index < -0.39 is 26.7 Å². The lowest BCUT2D eigenvalue weighted by atomic mass is 10.1. The molecule has 2 heterocycles. The van der Waals surface area contributed by atoms with Gasteiger partial charge in [-0.2, -0.15) is 0 Å². The van der Waals surface area contributed by atoms with Gasteiger partial charge < -0.3 is 4.90 Å². The number of piperidine rings is 1. The van der Waals surface area contributed by atoms with Crippen LogP contribution in [0.15, 0.2) is 52.7 Å². The zero-order valence-electron chi connectivity index (χ0n) is 15.2. The minimum Gasteiger partial charge on any atom is -0.348 e. The first-order valence-electron chi connectivity index (χ1n) is 9.00. The van der Waals surface area contributed by atoms with E-state index in [2.05, 4.69) is 9.88 Å². The first-order chi connectivity index (χ1) is 13.8. The van der Waals surface area contributed by atoms with Crippen molar-refractivity contribution in [2.75, 3.05) is 18.0 Å². The number of anilines is 1. The van der Waals surface area contributed by atoms with Crippen molar-refractivity contribution in [2.45, 2.75) is 23.0 Å². The van der Waals surface area contributed by atoms with Crippen LogP contribution in [-0.4, -0.2) is 31.7 Å². The van der Waals surface area contributed by atoms with E-state index in [-0.39, 0.29) is 9.92 Å². The minimum atomic E-state index is -3.49. The van der Waals surface area contributed by atoms with Crippen LogP contribution in [0, 0.1) is 11.6 Å². The maximum Gasteiger partial charge on any atom is 0.185 e. The number of rotatable bonds is 4. The zero-order chi connectivity index (χ0) is 20.6. The predicted molar refractivity (Wildman–Crippen MR) is 111 cm³/mol. The van der Waals surface area contributed by atoms with Crippen molar-refractivity contribution in [3.05, 3.63) is 64.5 Å². The first kappa shape index (κ1) is 20.3. The van der Waals surface area contributed by atoms with Crippen molar-refractivity contribution >= 4 is 37.9 Å². The average Bonchev–Trinajstić information content (AvgIpc) is 3.21. The lowest BCUT2D eigenvalue weighted by molar-refractivity contribution is 0.529. The summed E-state index contributed by atoms with van der Waals surface area (Å²) < 4.78 is 52.0. The Hall–Kier alpha value is -2.03. The van der Waals surface area contributed by atoms with Crippen molar-refractivity contribution in [1.82, 2.24) is 4.98 Å². The lowest BCUT2D eigenvalue weighted by Gasteiger charge is -2.31. The average molecular weight is 455 g/mol. The Balaban J connectivity index is 1.45. The molecule has 0 saturated carbocycles. The molecule has 29 heavy (non-hydrogen) atoms. The smallest absolute Gasteiger partial charge is 0.185 e. The third-order valence-electron chi connectivity index (χ3n) is 5.00. The number of halogens is 3. The maximum atomic E-state index is 13.4. The van der Waals surface area contributed by atoms with E-state index in [1.165, 1.54) is 47.7 Å².